The Bertz CT molecular complexity index is 1700. The molecule has 342 valence electrons. The number of nitrogens with one attached hydrogen (secondary N) is 6. The predicted octanol–water partition coefficient (Wildman–Crippen LogP) is -0.348. The third-order valence-corrected chi connectivity index (χ3v) is 8.55. The average molecular weight is 870 g/mol. The number of likely N-dealkylation sites (N-methyl/N-ethyl adjacent to an activating group) is 1. The number of amides is 7. The monoisotopic (exact) mass is 869 g/mol. The van der Waals surface area contributed by atoms with E-state index in [1.54, 1.807) is 43.3 Å². The summed E-state index contributed by atoms with van der Waals surface area (Å²) in [7, 11) is 0. The van der Waals surface area contributed by atoms with Crippen molar-refractivity contribution in [1.82, 2.24) is 31.9 Å². The molecule has 3 rings (SSSR count). The molecule has 7 amide bonds. The maximum atomic E-state index is 12.7. The predicted molar refractivity (Wildman–Crippen MR) is 229 cm³/mol. The second kappa shape index (κ2) is 32.0. The third-order valence-electron chi connectivity index (χ3n) is 8.55. The molecule has 0 saturated heterocycles. The van der Waals surface area contributed by atoms with Crippen molar-refractivity contribution in [2.45, 2.75) is 58.7 Å². The highest BCUT2D eigenvalue weighted by Crippen LogP contribution is 2.22. The van der Waals surface area contributed by atoms with Crippen molar-refractivity contribution in [3.8, 4) is 0 Å². The molecule has 0 spiro atoms. The van der Waals surface area contributed by atoms with E-state index in [1.165, 1.54) is 17.1 Å². The van der Waals surface area contributed by atoms with E-state index in [0.29, 0.717) is 71.3 Å². The Morgan fingerprint density at radius 3 is 1.79 bits per heavy atom. The highest BCUT2D eigenvalue weighted by molar-refractivity contribution is 6.04. The van der Waals surface area contributed by atoms with Crippen molar-refractivity contribution in [1.29, 1.82) is 0 Å². The van der Waals surface area contributed by atoms with Gasteiger partial charge in [0.15, 0.2) is 6.23 Å². The fourth-order valence-corrected chi connectivity index (χ4v) is 5.47. The molecule has 1 heterocycles. The minimum atomic E-state index is -0.988. The van der Waals surface area contributed by atoms with Crippen LogP contribution in [0.15, 0.2) is 66.7 Å². The number of hydrogen-bond donors (Lipinski definition) is 7. The number of ether oxygens (including phenoxy) is 4. The Labute approximate surface area is 363 Å². The number of nitrogens with zero attached hydrogens (tertiary/aromatic N) is 1. The molecule has 0 radical (unpaired) electrons. The van der Waals surface area contributed by atoms with Gasteiger partial charge in [0.1, 0.15) is 6.04 Å². The zero-order chi connectivity index (χ0) is 45.4. The number of hydrogen-bond acceptors (Lipinski definition) is 12. The van der Waals surface area contributed by atoms with E-state index in [-0.39, 0.29) is 56.9 Å². The molecule has 0 aliphatic carbocycles. The summed E-state index contributed by atoms with van der Waals surface area (Å²) in [6.45, 7) is 7.89. The van der Waals surface area contributed by atoms with E-state index >= 15 is 0 Å². The summed E-state index contributed by atoms with van der Waals surface area (Å²) in [5.74, 6) is -2.94. The Morgan fingerprint density at radius 2 is 1.18 bits per heavy atom. The number of carbonyl (C=O) groups excluding carboxylic acids is 7. The van der Waals surface area contributed by atoms with E-state index in [0.717, 1.165) is 11.1 Å². The molecular formula is C43H63N7O12. The second-order valence-electron chi connectivity index (χ2n) is 13.2. The average Bonchev–Trinajstić information content (AvgIpc) is 3.62. The Balaban J connectivity index is 0.00000651. The minimum absolute atomic E-state index is 0.0107. The maximum Gasteiger partial charge on any atom is 0.253 e. The smallest absolute Gasteiger partial charge is 0.253 e. The van der Waals surface area contributed by atoms with Gasteiger partial charge in [0.25, 0.3) is 5.91 Å². The van der Waals surface area contributed by atoms with Crippen molar-refractivity contribution in [2.75, 3.05) is 90.5 Å². The van der Waals surface area contributed by atoms with Gasteiger partial charge in [-0.05, 0) is 42.7 Å². The van der Waals surface area contributed by atoms with Gasteiger partial charge in [0, 0.05) is 44.1 Å². The van der Waals surface area contributed by atoms with Crippen LogP contribution in [0.5, 0.6) is 0 Å². The standard InChI is InChI=1S/C41H57N7O12.C2H6/c1-2-42-36(51)28-46-41(56)33(26-31-6-4-3-5-7-31)47-38(53)29-45-37(52)27-44-35(50)16-18-57-20-22-59-24-25-60-23-21-58-19-17-43-34(49)13-10-30-8-11-32(12-9-30)48-39(54)14-15-40(48)55;1-2/h3-9,11-12,14-15,33,39,54H,2,10,13,16-29H2,1H3,(H,42,51)(H,43,49)(H,44,50)(H,45,52)(H,46,56)(H,47,53);1-2H3. The molecular weight excluding hydrogens is 807 g/mol. The van der Waals surface area contributed by atoms with Crippen LogP contribution < -0.4 is 36.8 Å². The fraction of sp³-hybridized carbons (Fsp3) is 0.512. The number of benzene rings is 2. The lowest BCUT2D eigenvalue weighted by Gasteiger charge is -2.20. The van der Waals surface area contributed by atoms with E-state index < -0.39 is 42.4 Å². The molecule has 0 aromatic heterocycles. The summed E-state index contributed by atoms with van der Waals surface area (Å²) >= 11 is 0. The van der Waals surface area contributed by atoms with Gasteiger partial charge >= 0.3 is 0 Å². The van der Waals surface area contributed by atoms with Gasteiger partial charge in [0.2, 0.25) is 35.4 Å². The summed E-state index contributed by atoms with van der Waals surface area (Å²) in [6, 6.07) is 15.2. The zero-order valence-electron chi connectivity index (χ0n) is 35.9. The molecule has 2 atom stereocenters. The first-order valence-electron chi connectivity index (χ1n) is 20.8. The van der Waals surface area contributed by atoms with Crippen LogP contribution in [-0.2, 0) is 65.4 Å². The number of carbonyl (C=O) groups is 7. The van der Waals surface area contributed by atoms with Gasteiger partial charge in [0.05, 0.1) is 72.5 Å². The maximum absolute atomic E-state index is 12.7. The van der Waals surface area contributed by atoms with Gasteiger partial charge in [-0.15, -0.1) is 0 Å². The van der Waals surface area contributed by atoms with Crippen LogP contribution in [0.4, 0.5) is 5.69 Å². The van der Waals surface area contributed by atoms with Crippen LogP contribution in [0, 0.1) is 0 Å². The van der Waals surface area contributed by atoms with Crippen LogP contribution >= 0.6 is 0 Å². The summed E-state index contributed by atoms with van der Waals surface area (Å²) in [5.41, 5.74) is 2.31. The lowest BCUT2D eigenvalue weighted by atomic mass is 10.1. The summed E-state index contributed by atoms with van der Waals surface area (Å²) in [4.78, 5) is 86.7. The normalized spacial score (nSPS) is 13.3. The quantitative estimate of drug-likeness (QED) is 0.0498. The number of aryl methyl sites for hydroxylation is 1. The molecule has 19 nitrogen and oxygen atoms in total. The van der Waals surface area contributed by atoms with Crippen molar-refractivity contribution < 1.29 is 57.6 Å². The second-order valence-corrected chi connectivity index (χ2v) is 13.2. The number of aliphatic hydroxyl groups is 1. The fourth-order valence-electron chi connectivity index (χ4n) is 5.47. The SMILES string of the molecule is CC.CCNC(=O)CNC(=O)C(Cc1ccccc1)NC(=O)CNC(=O)CNC(=O)CCOCCOCCOCCOCCNC(=O)CCc1ccc(N2C(=O)C=CC2O)cc1. The van der Waals surface area contributed by atoms with Crippen molar-refractivity contribution in [3.63, 3.8) is 0 Å². The first-order chi connectivity index (χ1) is 30.0. The van der Waals surface area contributed by atoms with Gasteiger partial charge in [-0.2, -0.15) is 0 Å². The lowest BCUT2D eigenvalue weighted by molar-refractivity contribution is -0.131. The summed E-state index contributed by atoms with van der Waals surface area (Å²) in [5, 5.41) is 25.2. The van der Waals surface area contributed by atoms with Crippen LogP contribution in [0.1, 0.15) is 44.7 Å². The molecule has 2 aromatic carbocycles. The number of aliphatic hydroxyl groups excluding tert-OH is 1. The van der Waals surface area contributed by atoms with Crippen molar-refractivity contribution in [3.05, 3.63) is 77.9 Å². The van der Waals surface area contributed by atoms with E-state index in [2.05, 4.69) is 31.9 Å². The van der Waals surface area contributed by atoms with Gasteiger partial charge < -0.3 is 56.0 Å². The van der Waals surface area contributed by atoms with E-state index in [4.69, 9.17) is 18.9 Å². The highest BCUT2D eigenvalue weighted by atomic mass is 16.6. The molecule has 0 saturated carbocycles. The van der Waals surface area contributed by atoms with Crippen LogP contribution in [0.3, 0.4) is 0 Å². The molecule has 2 aromatic rings. The Morgan fingerprint density at radius 1 is 0.629 bits per heavy atom. The van der Waals surface area contributed by atoms with Crippen LogP contribution in [0.25, 0.3) is 0 Å². The Kier molecular flexibility index (Phi) is 27.1. The molecule has 19 heteroatoms. The van der Waals surface area contributed by atoms with Gasteiger partial charge in [-0.25, -0.2) is 0 Å². The first-order valence-corrected chi connectivity index (χ1v) is 20.8. The van der Waals surface area contributed by atoms with Gasteiger partial charge in [-0.3, -0.25) is 38.5 Å². The first kappa shape index (κ1) is 52.4. The van der Waals surface area contributed by atoms with E-state index in [1.807, 2.05) is 32.0 Å². The minimum Gasteiger partial charge on any atom is -0.379 e. The Hall–Kier alpha value is -5.73. The lowest BCUT2D eigenvalue weighted by Crippen LogP contribution is -2.52. The van der Waals surface area contributed by atoms with Crippen molar-refractivity contribution >= 4 is 47.0 Å². The van der Waals surface area contributed by atoms with Crippen molar-refractivity contribution in [2.24, 2.45) is 0 Å². The highest BCUT2D eigenvalue weighted by Gasteiger charge is 2.25. The molecule has 1 aliphatic heterocycles. The molecule has 0 fully saturated rings. The summed E-state index contributed by atoms with van der Waals surface area (Å²) in [6.07, 6.45) is 2.79. The van der Waals surface area contributed by atoms with Crippen LogP contribution in [-0.4, -0.2) is 144 Å². The number of anilines is 1. The summed E-state index contributed by atoms with van der Waals surface area (Å²) < 4.78 is 21.8. The van der Waals surface area contributed by atoms with E-state index in [9.17, 15) is 38.7 Å². The topological polar surface area (TPSA) is 252 Å². The molecule has 7 N–H and O–H groups in total. The zero-order valence-corrected chi connectivity index (χ0v) is 35.9. The molecule has 1 aliphatic rings. The molecule has 62 heavy (non-hydrogen) atoms. The molecule has 0 bridgehead atoms. The largest absolute Gasteiger partial charge is 0.379 e. The number of rotatable bonds is 30. The molecule has 2 unspecified atom stereocenters. The van der Waals surface area contributed by atoms with Gasteiger partial charge in [-0.1, -0.05) is 56.3 Å². The van der Waals surface area contributed by atoms with Crippen LogP contribution in [0.2, 0.25) is 0 Å². The third kappa shape index (κ3) is 22.8.